The van der Waals surface area contributed by atoms with E-state index in [4.69, 9.17) is 0 Å². The van der Waals surface area contributed by atoms with Crippen LogP contribution in [-0.4, -0.2) is 0 Å². The first-order chi connectivity index (χ1) is 6.74. The van der Waals surface area contributed by atoms with Crippen molar-refractivity contribution in [3.8, 4) is 0 Å². The quantitative estimate of drug-likeness (QED) is 0.258. The molecule has 0 aliphatic rings. The van der Waals surface area contributed by atoms with Crippen molar-refractivity contribution in [3.63, 3.8) is 0 Å². The van der Waals surface area contributed by atoms with Crippen molar-refractivity contribution >= 4 is 0 Å². The van der Waals surface area contributed by atoms with E-state index in [1.807, 2.05) is 0 Å². The Morgan fingerprint density at radius 1 is 0.219 bits per heavy atom. The van der Waals surface area contributed by atoms with Crippen molar-refractivity contribution in [2.45, 2.75) is 189 Å². The van der Waals surface area contributed by atoms with Gasteiger partial charge in [0, 0.05) is 164 Å². The summed E-state index contributed by atoms with van der Waals surface area (Å²) in [6.45, 7) is 13.2. The van der Waals surface area contributed by atoms with E-state index in [1.54, 1.807) is 0 Å². The van der Waals surface area contributed by atoms with Crippen LogP contribution >= 0.6 is 0 Å². The number of rotatable bonds is 5. The van der Waals surface area contributed by atoms with Crippen molar-refractivity contribution in [2.75, 3.05) is 0 Å². The summed E-state index contributed by atoms with van der Waals surface area (Å²) in [4.78, 5) is 0. The van der Waals surface area contributed by atoms with Crippen molar-refractivity contribution in [1.29, 1.82) is 0 Å². The molecule has 0 fully saturated rings. The van der Waals surface area contributed by atoms with Crippen LogP contribution in [-0.2, 0) is 164 Å². The third-order valence-corrected chi connectivity index (χ3v) is 1.91. The van der Waals surface area contributed by atoms with Crippen molar-refractivity contribution in [3.05, 3.63) is 0 Å². The van der Waals surface area contributed by atoms with Crippen LogP contribution in [0.15, 0.2) is 0 Å². The summed E-state index contributed by atoms with van der Waals surface area (Å²) in [5, 5.41) is 0. The average molecular weight is 856 g/mol. The third kappa shape index (κ3) is 382. The maximum absolute atomic E-state index is 2.21. The fourth-order valence-electron chi connectivity index (χ4n) is 0.707. The van der Waals surface area contributed by atoms with Gasteiger partial charge in [0.15, 0.2) is 0 Å². The van der Waals surface area contributed by atoms with Gasteiger partial charge >= 0.3 is 0 Å². The molecule has 0 nitrogen and oxygen atoms in total. The summed E-state index contributed by atoms with van der Waals surface area (Å²) in [5.74, 6) is 0. The fraction of sp³-hybridized carbons (Fsp3) is 1.00. The third-order valence-electron chi connectivity index (χ3n) is 1.91. The Balaban J connectivity index is -0.00000000234. The smallest absolute Gasteiger partial charge is 0 e. The van der Waals surface area contributed by atoms with Crippen LogP contribution in [0.5, 0.6) is 0 Å². The summed E-state index contributed by atoms with van der Waals surface area (Å²) in [6, 6.07) is 0. The number of hydrogen-bond donors (Lipinski definition) is 0. The van der Waals surface area contributed by atoms with Gasteiger partial charge in [-0.2, -0.15) is 0 Å². The molecule has 0 saturated heterocycles. The zero-order valence-corrected chi connectivity index (χ0v) is 28.7. The molecule has 0 bridgehead atoms. The summed E-state index contributed by atoms with van der Waals surface area (Å²) in [6.07, 6.45) is 10.8. The van der Waals surface area contributed by atoms with E-state index in [0.29, 0.717) is 0 Å². The van der Waals surface area contributed by atoms with Crippen LogP contribution in [0, 0.1) is 0 Å². The Kier molecular flexibility index (Phi) is 1440. The SMILES string of the molecule is C.C.C.C.C.C.C.C.C.C.C.C.C.CCCC.CCCCC.CCCCC.[Y].[Y].[Y].[Y].[Y]. The van der Waals surface area contributed by atoms with E-state index in [-0.39, 0.29) is 260 Å². The van der Waals surface area contributed by atoms with Gasteiger partial charge in [-0.25, -0.2) is 0 Å². The summed E-state index contributed by atoms with van der Waals surface area (Å²) >= 11 is 0. The first-order valence-corrected chi connectivity index (χ1v) is 6.74. The van der Waals surface area contributed by atoms with Crippen molar-refractivity contribution in [2.24, 2.45) is 0 Å². The molecule has 0 heterocycles. The zero-order valence-electron chi connectivity index (χ0n) is 14.5. The molecule has 0 aromatic heterocycles. The molecule has 0 aromatic carbocycles. The number of hydrogen-bond acceptors (Lipinski definition) is 0. The molecule has 0 aliphatic heterocycles. The predicted octanol–water partition coefficient (Wildman–Crippen LogP) is 14.5. The summed E-state index contributed by atoms with van der Waals surface area (Å²) < 4.78 is 0. The Morgan fingerprint density at radius 2 is 0.312 bits per heavy atom. The summed E-state index contributed by atoms with van der Waals surface area (Å²) in [5.41, 5.74) is 0. The molecule has 0 amide bonds. The normalized spacial score (nSPS) is 3.56. The largest absolute Gasteiger partial charge is 0.0776 e. The minimum absolute atomic E-state index is 0. The maximum atomic E-state index is 2.21. The Morgan fingerprint density at radius 3 is 0.312 bits per heavy atom. The molecule has 209 valence electrons. The van der Waals surface area contributed by atoms with Crippen LogP contribution in [0.2, 0.25) is 0 Å². The van der Waals surface area contributed by atoms with Gasteiger partial charge in [0.2, 0.25) is 0 Å². The minimum Gasteiger partial charge on any atom is -0.0776 e. The van der Waals surface area contributed by atoms with E-state index < -0.39 is 0 Å². The van der Waals surface area contributed by atoms with Gasteiger partial charge in [-0.1, -0.05) is 189 Å². The predicted molar refractivity (Wildman–Crippen MR) is 158 cm³/mol. The molecule has 5 heteroatoms. The molecule has 0 unspecified atom stereocenters. The molecule has 32 heavy (non-hydrogen) atoms. The molecule has 0 aliphatic carbocycles. The van der Waals surface area contributed by atoms with Gasteiger partial charge in [-0.05, 0) is 0 Å². The van der Waals surface area contributed by atoms with Crippen LogP contribution in [0.1, 0.15) is 189 Å². The van der Waals surface area contributed by atoms with Gasteiger partial charge in [0.1, 0.15) is 0 Å². The molecule has 0 aromatic rings. The molecule has 0 rings (SSSR count). The van der Waals surface area contributed by atoms with Crippen LogP contribution in [0.3, 0.4) is 0 Å². The first-order valence-electron chi connectivity index (χ1n) is 6.74. The van der Waals surface area contributed by atoms with E-state index >= 15 is 0 Å². The number of unbranched alkanes of at least 4 members (excludes halogenated alkanes) is 5. The Bertz CT molecular complexity index is 56.0. The standard InChI is InChI=1S/2C5H12.C4H10.13CH4.5Y/c2*1-3-5-4-2;1-3-4-2;;;;;;;;;;;;;;;;;;/h2*3-5H2,1-2H3;3-4H2,1-2H3;13*1H4;;;;;. The van der Waals surface area contributed by atoms with Gasteiger partial charge in [0.25, 0.3) is 0 Å². The van der Waals surface area contributed by atoms with Crippen LogP contribution in [0.25, 0.3) is 0 Å². The van der Waals surface area contributed by atoms with Crippen LogP contribution in [0.4, 0.5) is 0 Å². The second-order valence-electron chi connectivity index (χ2n) is 3.71. The van der Waals surface area contributed by atoms with E-state index in [9.17, 15) is 0 Å². The fourth-order valence-corrected chi connectivity index (χ4v) is 0.707. The monoisotopic (exact) mass is 855 g/mol. The van der Waals surface area contributed by atoms with E-state index in [2.05, 4.69) is 41.5 Å². The maximum Gasteiger partial charge on any atom is 0 e. The summed E-state index contributed by atoms with van der Waals surface area (Å²) in [7, 11) is 0. The second kappa shape index (κ2) is 252. The first kappa shape index (κ1) is 183. The molecule has 0 saturated carbocycles. The van der Waals surface area contributed by atoms with Gasteiger partial charge in [-0.3, -0.25) is 0 Å². The molecule has 0 spiro atoms. The molecule has 0 N–H and O–H groups in total. The van der Waals surface area contributed by atoms with Crippen LogP contribution < -0.4 is 0 Å². The van der Waals surface area contributed by atoms with Gasteiger partial charge in [-0.15, -0.1) is 0 Å². The second-order valence-corrected chi connectivity index (χ2v) is 3.71. The molecule has 0 atom stereocenters. The minimum atomic E-state index is 0. The zero-order chi connectivity index (χ0) is 11.7. The van der Waals surface area contributed by atoms with E-state index in [0.717, 1.165) is 0 Å². The average Bonchev–Trinajstić information content (AvgIpc) is 2.22. The Hall–Kier alpha value is 5.52. The van der Waals surface area contributed by atoms with Gasteiger partial charge < -0.3 is 0 Å². The van der Waals surface area contributed by atoms with Crippen molar-refractivity contribution in [1.82, 2.24) is 0 Å². The molecular weight excluding hydrogens is 769 g/mol. The Labute approximate surface area is 346 Å². The van der Waals surface area contributed by atoms with Gasteiger partial charge in [0.05, 0.1) is 0 Å². The topological polar surface area (TPSA) is 0 Å². The molecular formula is C27H86Y5. The van der Waals surface area contributed by atoms with E-state index in [1.165, 1.54) is 51.4 Å². The van der Waals surface area contributed by atoms with Crippen molar-refractivity contribution < 1.29 is 164 Å². The molecule has 5 radical (unpaired) electrons.